The second kappa shape index (κ2) is 18.0. The molecule has 0 aromatic heterocycles. The van der Waals surface area contributed by atoms with E-state index in [9.17, 15) is 28.8 Å². The molecule has 6 aliphatic heterocycles. The van der Waals surface area contributed by atoms with E-state index < -0.39 is 71.3 Å². The lowest BCUT2D eigenvalue weighted by molar-refractivity contribution is -0.200. The normalized spacial score (nSPS) is 35.1. The Morgan fingerprint density at radius 2 is 0.426 bits per heavy atom. The van der Waals surface area contributed by atoms with Crippen molar-refractivity contribution in [2.75, 3.05) is 79.3 Å². The first-order valence-electron chi connectivity index (χ1n) is 19.0. The smallest absolute Gasteiger partial charge is 0.310 e. The van der Waals surface area contributed by atoms with Gasteiger partial charge in [-0.15, -0.1) is 0 Å². The number of hydrogen-bond acceptors (Lipinski definition) is 18. The number of carbonyl (C=O) groups excluding carboxylic acids is 6. The maximum Gasteiger partial charge on any atom is 0.310 e. The molecule has 0 aromatic carbocycles. The van der Waals surface area contributed by atoms with Gasteiger partial charge in [-0.05, 0) is 0 Å². The molecule has 7 rings (SSSR count). The first kappa shape index (κ1) is 38.8. The molecule has 0 radical (unpaired) electrons. The van der Waals surface area contributed by atoms with Crippen LogP contribution >= 0.6 is 0 Å². The highest BCUT2D eigenvalue weighted by molar-refractivity contribution is 5.98. The molecule has 54 heavy (non-hydrogen) atoms. The third-order valence-corrected chi connectivity index (χ3v) is 10.5. The Morgan fingerprint density at radius 3 is 0.537 bits per heavy atom. The van der Waals surface area contributed by atoms with Crippen molar-refractivity contribution in [3.8, 4) is 0 Å². The molecule has 0 bridgehead atoms. The van der Waals surface area contributed by atoms with Crippen LogP contribution in [-0.2, 0) is 85.6 Å². The van der Waals surface area contributed by atoms with Crippen LogP contribution in [0.5, 0.6) is 0 Å². The predicted molar refractivity (Wildman–Crippen MR) is 173 cm³/mol. The van der Waals surface area contributed by atoms with Gasteiger partial charge in [0.25, 0.3) is 0 Å². The van der Waals surface area contributed by atoms with Gasteiger partial charge >= 0.3 is 35.8 Å². The molecule has 6 saturated heterocycles. The zero-order chi connectivity index (χ0) is 37.6. The third kappa shape index (κ3) is 11.3. The van der Waals surface area contributed by atoms with Crippen molar-refractivity contribution in [1.82, 2.24) is 0 Å². The topological polar surface area (TPSA) is 233 Å². The summed E-state index contributed by atoms with van der Waals surface area (Å²) in [7, 11) is 0. The van der Waals surface area contributed by atoms with Crippen molar-refractivity contribution >= 4 is 35.8 Å². The first-order chi connectivity index (χ1) is 26.3. The van der Waals surface area contributed by atoms with Crippen molar-refractivity contribution in [2.24, 2.45) is 35.5 Å². The van der Waals surface area contributed by atoms with E-state index in [2.05, 4.69) is 0 Å². The van der Waals surface area contributed by atoms with Gasteiger partial charge in [0.15, 0.2) is 0 Å². The van der Waals surface area contributed by atoms with Gasteiger partial charge in [0.05, 0.1) is 151 Å². The van der Waals surface area contributed by atoms with Crippen molar-refractivity contribution in [1.29, 1.82) is 0 Å². The summed E-state index contributed by atoms with van der Waals surface area (Å²) in [5, 5.41) is 0. The van der Waals surface area contributed by atoms with Crippen molar-refractivity contribution in [2.45, 2.75) is 75.1 Å². The second-order valence-corrected chi connectivity index (χ2v) is 14.6. The largest absolute Gasteiger partial charge is 0.465 e. The van der Waals surface area contributed by atoms with Crippen molar-refractivity contribution in [3.05, 3.63) is 0 Å². The highest BCUT2D eigenvalue weighted by Gasteiger charge is 2.66. The Hall–Kier alpha value is -3.42. The van der Waals surface area contributed by atoms with E-state index in [1.807, 2.05) is 0 Å². The SMILES string of the molecule is O=C(OCCC1CO1)C1C(C(=O)OCCC2CO2)C(C(=O)OCCC2CO2)C(C(=O)OCCC2CO2)C(C(=O)OCCC2CO2)C1C(=O)OCCC1CO1. The van der Waals surface area contributed by atoms with Gasteiger partial charge in [0.2, 0.25) is 0 Å². The lowest BCUT2D eigenvalue weighted by atomic mass is 9.56. The summed E-state index contributed by atoms with van der Waals surface area (Å²) in [5.41, 5.74) is 0. The second-order valence-electron chi connectivity index (χ2n) is 14.6. The molecule has 0 spiro atoms. The average Bonchev–Trinajstić information content (AvgIpc) is 3.93. The summed E-state index contributed by atoms with van der Waals surface area (Å²) >= 11 is 0. The number of rotatable bonds is 24. The number of ether oxygens (including phenoxy) is 12. The van der Waals surface area contributed by atoms with Crippen molar-refractivity contribution < 1.29 is 85.6 Å². The van der Waals surface area contributed by atoms with Crippen molar-refractivity contribution in [3.63, 3.8) is 0 Å². The molecular formula is C36H48O18. The molecule has 6 heterocycles. The van der Waals surface area contributed by atoms with Gasteiger partial charge in [0, 0.05) is 38.5 Å². The number of esters is 6. The zero-order valence-corrected chi connectivity index (χ0v) is 30.0. The Kier molecular flexibility index (Phi) is 13.0. The summed E-state index contributed by atoms with van der Waals surface area (Å²) in [6, 6.07) is 0. The molecule has 300 valence electrons. The van der Waals surface area contributed by atoms with Gasteiger partial charge in [-0.25, -0.2) is 0 Å². The van der Waals surface area contributed by atoms with Crippen LogP contribution in [0, 0.1) is 35.5 Å². The summed E-state index contributed by atoms with van der Waals surface area (Å²) < 4.78 is 65.3. The van der Waals surface area contributed by atoms with Crippen LogP contribution in [0.2, 0.25) is 0 Å². The molecule has 18 nitrogen and oxygen atoms in total. The van der Waals surface area contributed by atoms with E-state index in [0.717, 1.165) is 0 Å². The van der Waals surface area contributed by atoms with Gasteiger partial charge in [0.1, 0.15) is 0 Å². The Labute approximate surface area is 311 Å². The van der Waals surface area contributed by atoms with E-state index in [-0.39, 0.29) is 76.3 Å². The summed E-state index contributed by atoms with van der Waals surface area (Å²) in [6.07, 6.45) is 1.20. The van der Waals surface area contributed by atoms with Crippen LogP contribution in [0.15, 0.2) is 0 Å². The van der Waals surface area contributed by atoms with Crippen LogP contribution in [0.1, 0.15) is 38.5 Å². The molecule has 6 atom stereocenters. The standard InChI is InChI=1S/C36H48O18/c37-31(43-7-1-19-13-49-19)25-26(32(38)44-8-2-20-14-50-20)28(34(40)46-10-4-22-16-52-22)30(36(42)48-12-6-24-18-54-24)29(35(41)47-11-5-23-17-53-23)27(25)33(39)45-9-3-21-15-51-21/h19-30H,1-18H2. The van der Waals surface area contributed by atoms with Gasteiger partial charge in [-0.2, -0.15) is 0 Å². The minimum Gasteiger partial charge on any atom is -0.465 e. The maximum absolute atomic E-state index is 14.3. The molecule has 1 aliphatic carbocycles. The molecule has 0 amide bonds. The fourth-order valence-electron chi connectivity index (χ4n) is 6.83. The van der Waals surface area contributed by atoms with Crippen LogP contribution in [0.3, 0.4) is 0 Å². The fourth-order valence-corrected chi connectivity index (χ4v) is 6.83. The molecule has 0 N–H and O–H groups in total. The van der Waals surface area contributed by atoms with E-state index >= 15 is 0 Å². The number of epoxide rings is 6. The van der Waals surface area contributed by atoms with E-state index in [1.165, 1.54) is 0 Å². The minimum absolute atomic E-state index is 0.128. The highest BCUT2D eigenvalue weighted by atomic mass is 16.6. The fraction of sp³-hybridized carbons (Fsp3) is 0.833. The molecule has 0 aromatic rings. The van der Waals surface area contributed by atoms with Crippen LogP contribution in [0.25, 0.3) is 0 Å². The van der Waals surface area contributed by atoms with Crippen LogP contribution in [-0.4, -0.2) is 152 Å². The summed E-state index contributed by atoms with van der Waals surface area (Å²) in [5.74, 6) is -17.4. The Balaban J connectivity index is 1.25. The predicted octanol–water partition coefficient (Wildman–Crippen LogP) is -0.310. The maximum atomic E-state index is 14.3. The Morgan fingerprint density at radius 1 is 0.296 bits per heavy atom. The lowest BCUT2D eigenvalue weighted by Gasteiger charge is -2.45. The average molecular weight is 769 g/mol. The van der Waals surface area contributed by atoms with Gasteiger partial charge in [-0.3, -0.25) is 28.8 Å². The van der Waals surface area contributed by atoms with Crippen LogP contribution < -0.4 is 0 Å². The van der Waals surface area contributed by atoms with Gasteiger partial charge < -0.3 is 56.8 Å². The molecule has 1 saturated carbocycles. The molecule has 18 heteroatoms. The quantitative estimate of drug-likeness (QED) is 0.0696. The van der Waals surface area contributed by atoms with Gasteiger partial charge in [-0.1, -0.05) is 0 Å². The first-order valence-corrected chi connectivity index (χ1v) is 19.0. The zero-order valence-electron chi connectivity index (χ0n) is 30.0. The monoisotopic (exact) mass is 768 g/mol. The van der Waals surface area contributed by atoms with E-state index in [1.54, 1.807) is 0 Å². The third-order valence-electron chi connectivity index (χ3n) is 10.5. The summed E-state index contributed by atoms with van der Waals surface area (Å²) in [6.45, 7) is 2.00. The molecule has 7 fully saturated rings. The Bertz CT molecular complexity index is 1090. The number of hydrogen-bond donors (Lipinski definition) is 0. The number of carbonyl (C=O) groups is 6. The minimum atomic E-state index is -1.84. The van der Waals surface area contributed by atoms with E-state index in [4.69, 9.17) is 56.8 Å². The molecule has 6 unspecified atom stereocenters. The molecule has 7 aliphatic rings. The molecular weight excluding hydrogens is 720 g/mol. The lowest BCUT2D eigenvalue weighted by Crippen LogP contribution is -2.61. The van der Waals surface area contributed by atoms with Crippen LogP contribution in [0.4, 0.5) is 0 Å². The summed E-state index contributed by atoms with van der Waals surface area (Å²) in [4.78, 5) is 85.9. The highest BCUT2D eigenvalue weighted by Crippen LogP contribution is 2.50. The van der Waals surface area contributed by atoms with E-state index in [0.29, 0.717) is 78.2 Å².